The van der Waals surface area contributed by atoms with E-state index in [1.54, 1.807) is 7.11 Å². The molecule has 21 heavy (non-hydrogen) atoms. The lowest BCUT2D eigenvalue weighted by Crippen LogP contribution is -2.31. The number of nitrogens with zero attached hydrogens (tertiary/aromatic N) is 2. The van der Waals surface area contributed by atoms with Crippen LogP contribution >= 0.6 is 0 Å². The lowest BCUT2D eigenvalue weighted by Gasteiger charge is -2.07. The first kappa shape index (κ1) is 14.8. The van der Waals surface area contributed by atoms with Crippen molar-refractivity contribution in [2.45, 2.75) is 13.0 Å². The Morgan fingerprint density at radius 1 is 1.29 bits per heavy atom. The normalized spacial score (nSPS) is 10.1. The minimum atomic E-state index is -0.130. The number of benzene rings is 1. The molecule has 0 fully saturated rings. The van der Waals surface area contributed by atoms with E-state index < -0.39 is 0 Å². The Morgan fingerprint density at radius 3 is 2.71 bits per heavy atom. The van der Waals surface area contributed by atoms with E-state index in [1.807, 2.05) is 24.3 Å². The fourth-order valence-corrected chi connectivity index (χ4v) is 1.85. The Balaban J connectivity index is 1.79. The van der Waals surface area contributed by atoms with Crippen LogP contribution in [-0.4, -0.2) is 29.1 Å². The van der Waals surface area contributed by atoms with E-state index >= 15 is 0 Å². The van der Waals surface area contributed by atoms with Crippen molar-refractivity contribution in [2.24, 2.45) is 0 Å². The Labute approximate surface area is 122 Å². The van der Waals surface area contributed by atoms with Crippen LogP contribution in [0.5, 0.6) is 5.75 Å². The predicted molar refractivity (Wildman–Crippen MR) is 78.2 cm³/mol. The van der Waals surface area contributed by atoms with Crippen LogP contribution in [0.25, 0.3) is 0 Å². The molecule has 2 rings (SSSR count). The van der Waals surface area contributed by atoms with Crippen molar-refractivity contribution in [3.05, 3.63) is 58.8 Å². The molecular weight excluding hydrogens is 270 g/mol. The van der Waals surface area contributed by atoms with Crippen molar-refractivity contribution in [1.82, 2.24) is 14.9 Å². The largest absolute Gasteiger partial charge is 0.497 e. The lowest BCUT2D eigenvalue weighted by molar-refractivity contribution is -0.120. The first-order valence-corrected chi connectivity index (χ1v) is 6.59. The minimum absolute atomic E-state index is 0.0860. The molecule has 1 N–H and O–H groups in total. The molecule has 0 radical (unpaired) electrons. The molecule has 1 heterocycles. The summed E-state index contributed by atoms with van der Waals surface area (Å²) >= 11 is 0. The molecule has 6 heteroatoms. The van der Waals surface area contributed by atoms with Crippen molar-refractivity contribution in [3.8, 4) is 5.75 Å². The highest BCUT2D eigenvalue weighted by atomic mass is 16.5. The molecule has 6 nitrogen and oxygen atoms in total. The minimum Gasteiger partial charge on any atom is -0.497 e. The zero-order valence-corrected chi connectivity index (χ0v) is 11.8. The van der Waals surface area contributed by atoms with E-state index in [0.29, 0.717) is 19.5 Å². The van der Waals surface area contributed by atoms with Crippen LogP contribution in [0, 0.1) is 0 Å². The van der Waals surface area contributed by atoms with Gasteiger partial charge in [-0.3, -0.25) is 14.2 Å². The number of hydrogen-bond acceptors (Lipinski definition) is 4. The zero-order valence-electron chi connectivity index (χ0n) is 11.8. The lowest BCUT2D eigenvalue weighted by atomic mass is 10.1. The smallest absolute Gasteiger partial charge is 0.253 e. The quantitative estimate of drug-likeness (QED) is 0.845. The number of amides is 1. The van der Waals surface area contributed by atoms with Crippen LogP contribution in [0.1, 0.15) is 5.56 Å². The Morgan fingerprint density at radius 2 is 2.05 bits per heavy atom. The number of methoxy groups -OCH3 is 1. The summed E-state index contributed by atoms with van der Waals surface area (Å²) in [6.07, 6.45) is 3.20. The van der Waals surface area contributed by atoms with Gasteiger partial charge in [0.15, 0.2) is 0 Å². The van der Waals surface area contributed by atoms with Crippen LogP contribution in [0.4, 0.5) is 0 Å². The second-order valence-corrected chi connectivity index (χ2v) is 4.49. The fraction of sp³-hybridized carbons (Fsp3) is 0.267. The molecule has 0 bridgehead atoms. The predicted octanol–water partition coefficient (Wildman–Crippen LogP) is 0.611. The number of hydrogen-bond donors (Lipinski definition) is 1. The van der Waals surface area contributed by atoms with Gasteiger partial charge >= 0.3 is 0 Å². The Kier molecular flexibility index (Phi) is 5.09. The first-order valence-electron chi connectivity index (χ1n) is 6.59. The van der Waals surface area contributed by atoms with E-state index in [2.05, 4.69) is 10.3 Å². The molecule has 0 saturated carbocycles. The molecule has 0 saturated heterocycles. The third-order valence-electron chi connectivity index (χ3n) is 2.99. The fourth-order valence-electron chi connectivity index (χ4n) is 1.85. The van der Waals surface area contributed by atoms with Gasteiger partial charge < -0.3 is 10.1 Å². The number of nitrogens with one attached hydrogen (secondary N) is 1. The molecule has 2 aromatic rings. The van der Waals surface area contributed by atoms with E-state index in [0.717, 1.165) is 11.3 Å². The summed E-state index contributed by atoms with van der Waals surface area (Å²) in [5, 5.41) is 2.78. The number of carbonyl (C=O) groups is 1. The molecule has 0 spiro atoms. The summed E-state index contributed by atoms with van der Waals surface area (Å²) in [6.45, 7) is 0.793. The van der Waals surface area contributed by atoms with Crippen LogP contribution in [-0.2, 0) is 17.8 Å². The van der Waals surface area contributed by atoms with Crippen molar-refractivity contribution in [2.75, 3.05) is 13.7 Å². The van der Waals surface area contributed by atoms with Gasteiger partial charge in [0.1, 0.15) is 5.75 Å². The number of ether oxygens (including phenoxy) is 1. The van der Waals surface area contributed by atoms with E-state index in [9.17, 15) is 9.59 Å². The average Bonchev–Trinajstić information content (AvgIpc) is 2.50. The Bertz CT molecular complexity index is 650. The molecule has 0 aliphatic carbocycles. The highest BCUT2D eigenvalue weighted by Crippen LogP contribution is 2.11. The van der Waals surface area contributed by atoms with Gasteiger partial charge in [-0.1, -0.05) is 12.1 Å². The maximum atomic E-state index is 11.8. The SMILES string of the molecule is COc1ccc(CC(=O)NCCn2cnccc2=O)cc1. The molecule has 0 unspecified atom stereocenters. The van der Waals surface area contributed by atoms with Crippen molar-refractivity contribution < 1.29 is 9.53 Å². The molecule has 0 aliphatic heterocycles. The molecule has 1 aromatic carbocycles. The monoisotopic (exact) mass is 287 g/mol. The van der Waals surface area contributed by atoms with Gasteiger partial charge in [-0.25, -0.2) is 4.98 Å². The van der Waals surface area contributed by atoms with Crippen molar-refractivity contribution in [1.29, 1.82) is 0 Å². The number of aromatic nitrogens is 2. The maximum Gasteiger partial charge on any atom is 0.253 e. The second kappa shape index (κ2) is 7.23. The number of carbonyl (C=O) groups excluding carboxylic acids is 1. The molecule has 1 amide bonds. The van der Waals surface area contributed by atoms with Gasteiger partial charge in [-0.2, -0.15) is 0 Å². The standard InChI is InChI=1S/C15H17N3O3/c1-21-13-4-2-12(3-5-13)10-14(19)17-8-9-18-11-16-7-6-15(18)20/h2-7,11H,8-10H2,1H3,(H,17,19). The van der Waals surface area contributed by atoms with Gasteiger partial charge in [0, 0.05) is 25.4 Å². The zero-order chi connectivity index (χ0) is 15.1. The summed E-state index contributed by atoms with van der Waals surface area (Å²) in [4.78, 5) is 27.1. The third-order valence-corrected chi connectivity index (χ3v) is 2.99. The van der Waals surface area contributed by atoms with Crippen molar-refractivity contribution in [3.63, 3.8) is 0 Å². The van der Waals surface area contributed by atoms with E-state index in [1.165, 1.54) is 23.2 Å². The second-order valence-electron chi connectivity index (χ2n) is 4.49. The third kappa shape index (κ3) is 4.45. The first-order chi connectivity index (χ1) is 10.2. The topological polar surface area (TPSA) is 73.2 Å². The average molecular weight is 287 g/mol. The van der Waals surface area contributed by atoms with Crippen LogP contribution < -0.4 is 15.6 Å². The van der Waals surface area contributed by atoms with Gasteiger partial charge in [0.25, 0.3) is 5.56 Å². The summed E-state index contributed by atoms with van der Waals surface area (Å²) < 4.78 is 6.51. The van der Waals surface area contributed by atoms with E-state index in [4.69, 9.17) is 4.74 Å². The molecule has 0 aliphatic rings. The summed E-state index contributed by atoms with van der Waals surface area (Å²) in [5.74, 6) is 0.673. The van der Waals surface area contributed by atoms with Gasteiger partial charge in [0.2, 0.25) is 5.91 Å². The van der Waals surface area contributed by atoms with Crippen LogP contribution in [0.15, 0.2) is 47.7 Å². The molecular formula is C15H17N3O3. The highest BCUT2D eigenvalue weighted by molar-refractivity contribution is 5.78. The molecule has 0 atom stereocenters. The van der Waals surface area contributed by atoms with Crippen LogP contribution in [0.2, 0.25) is 0 Å². The Hall–Kier alpha value is -2.63. The summed E-state index contributed by atoms with van der Waals surface area (Å²) in [6, 6.07) is 8.73. The summed E-state index contributed by atoms with van der Waals surface area (Å²) in [7, 11) is 1.60. The van der Waals surface area contributed by atoms with E-state index in [-0.39, 0.29) is 11.5 Å². The van der Waals surface area contributed by atoms with Crippen molar-refractivity contribution >= 4 is 5.91 Å². The maximum absolute atomic E-state index is 11.8. The molecule has 1 aromatic heterocycles. The summed E-state index contributed by atoms with van der Waals surface area (Å²) in [5.41, 5.74) is 0.779. The van der Waals surface area contributed by atoms with Gasteiger partial charge in [-0.15, -0.1) is 0 Å². The number of rotatable bonds is 6. The molecule has 110 valence electrons. The highest BCUT2D eigenvalue weighted by Gasteiger charge is 2.03. The van der Waals surface area contributed by atoms with Gasteiger partial charge in [-0.05, 0) is 17.7 Å². The van der Waals surface area contributed by atoms with Crippen LogP contribution in [0.3, 0.4) is 0 Å². The van der Waals surface area contributed by atoms with Gasteiger partial charge in [0.05, 0.1) is 19.9 Å².